The Balaban J connectivity index is 2.66. The van der Waals surface area contributed by atoms with E-state index in [1.165, 1.54) is 0 Å². The predicted molar refractivity (Wildman–Crippen MR) is 74.3 cm³/mol. The summed E-state index contributed by atoms with van der Waals surface area (Å²) < 4.78 is 1.62. The standard InChI is InChI=1S/C12H11ClN4O3/c1-4-14-8-9(17(4)2)11(19)7-6(10(8)18)12(20)16-5(3-13)15-7/h18-19H,3H2,1-2H3,(H,15,16,20). The van der Waals surface area contributed by atoms with Crippen molar-refractivity contribution in [3.05, 3.63) is 22.0 Å². The molecule has 3 N–H and O–H groups in total. The number of nitrogens with zero attached hydrogens (tertiary/aromatic N) is 3. The van der Waals surface area contributed by atoms with E-state index in [0.29, 0.717) is 11.3 Å². The first-order valence-electron chi connectivity index (χ1n) is 5.81. The van der Waals surface area contributed by atoms with Gasteiger partial charge in [0.15, 0.2) is 11.5 Å². The number of rotatable bonds is 1. The number of aromatic hydroxyl groups is 2. The lowest BCUT2D eigenvalue weighted by molar-refractivity contribution is 0.474. The number of phenols is 2. The molecule has 0 atom stereocenters. The van der Waals surface area contributed by atoms with Gasteiger partial charge in [-0.15, -0.1) is 11.6 Å². The van der Waals surface area contributed by atoms with Gasteiger partial charge < -0.3 is 19.8 Å². The average Bonchev–Trinajstić information content (AvgIpc) is 2.72. The molecular formula is C12H11ClN4O3. The van der Waals surface area contributed by atoms with Crippen molar-refractivity contribution in [1.29, 1.82) is 0 Å². The Kier molecular flexibility index (Phi) is 2.62. The summed E-state index contributed by atoms with van der Waals surface area (Å²) in [7, 11) is 1.70. The molecule has 8 heteroatoms. The van der Waals surface area contributed by atoms with Crippen LogP contribution in [0.25, 0.3) is 21.9 Å². The fourth-order valence-corrected chi connectivity index (χ4v) is 2.38. The number of halogens is 1. The number of H-pyrrole nitrogens is 1. The number of benzene rings is 1. The van der Waals surface area contributed by atoms with E-state index in [9.17, 15) is 15.0 Å². The molecule has 7 nitrogen and oxygen atoms in total. The second-order valence-electron chi connectivity index (χ2n) is 4.48. The van der Waals surface area contributed by atoms with E-state index in [1.807, 2.05) is 0 Å². The first kappa shape index (κ1) is 12.7. The van der Waals surface area contributed by atoms with Crippen LogP contribution in [0, 0.1) is 6.92 Å². The van der Waals surface area contributed by atoms with Crippen molar-refractivity contribution in [2.75, 3.05) is 0 Å². The molecule has 0 saturated carbocycles. The third-order valence-corrected chi connectivity index (χ3v) is 3.58. The zero-order valence-electron chi connectivity index (χ0n) is 10.7. The van der Waals surface area contributed by atoms with Gasteiger partial charge in [0.05, 0.1) is 5.88 Å². The molecule has 2 heterocycles. The minimum atomic E-state index is -0.566. The van der Waals surface area contributed by atoms with Crippen molar-refractivity contribution in [2.24, 2.45) is 7.05 Å². The molecule has 0 bridgehead atoms. The molecule has 0 aliphatic heterocycles. The van der Waals surface area contributed by atoms with Gasteiger partial charge in [0.25, 0.3) is 5.56 Å². The van der Waals surface area contributed by atoms with Crippen LogP contribution in [-0.2, 0) is 12.9 Å². The second kappa shape index (κ2) is 4.11. The molecule has 0 unspecified atom stereocenters. The van der Waals surface area contributed by atoms with Crippen LogP contribution in [0.2, 0.25) is 0 Å². The van der Waals surface area contributed by atoms with Gasteiger partial charge in [-0.1, -0.05) is 0 Å². The fourth-order valence-electron chi connectivity index (χ4n) is 2.25. The maximum Gasteiger partial charge on any atom is 0.262 e. The highest BCUT2D eigenvalue weighted by atomic mass is 35.5. The smallest absolute Gasteiger partial charge is 0.262 e. The molecule has 104 valence electrons. The van der Waals surface area contributed by atoms with Crippen LogP contribution < -0.4 is 5.56 Å². The molecule has 3 aromatic rings. The van der Waals surface area contributed by atoms with E-state index in [0.717, 1.165) is 0 Å². The normalized spacial score (nSPS) is 11.6. The van der Waals surface area contributed by atoms with Gasteiger partial charge >= 0.3 is 0 Å². The molecule has 0 radical (unpaired) electrons. The molecule has 0 saturated heterocycles. The molecule has 2 aromatic heterocycles. The molecule has 0 aliphatic carbocycles. The summed E-state index contributed by atoms with van der Waals surface area (Å²) in [5.74, 6) is 0.306. The topological polar surface area (TPSA) is 104 Å². The lowest BCUT2D eigenvalue weighted by atomic mass is 10.1. The van der Waals surface area contributed by atoms with Crippen LogP contribution >= 0.6 is 11.6 Å². The van der Waals surface area contributed by atoms with Crippen LogP contribution in [0.4, 0.5) is 0 Å². The Labute approximate surface area is 117 Å². The second-order valence-corrected chi connectivity index (χ2v) is 4.75. The number of fused-ring (bicyclic) bond motifs is 2. The molecule has 20 heavy (non-hydrogen) atoms. The van der Waals surface area contributed by atoms with Gasteiger partial charge in [-0.3, -0.25) is 4.79 Å². The summed E-state index contributed by atoms with van der Waals surface area (Å²) in [6, 6.07) is 0. The van der Waals surface area contributed by atoms with Crippen LogP contribution in [0.3, 0.4) is 0 Å². The van der Waals surface area contributed by atoms with Crippen LogP contribution in [0.1, 0.15) is 11.6 Å². The number of alkyl halides is 1. The Morgan fingerprint density at radius 3 is 2.60 bits per heavy atom. The number of phenolic OH excluding ortho intramolecular Hbond substituents is 2. The summed E-state index contributed by atoms with van der Waals surface area (Å²) in [6.07, 6.45) is 0. The van der Waals surface area contributed by atoms with Crippen molar-refractivity contribution < 1.29 is 10.2 Å². The summed E-state index contributed by atoms with van der Waals surface area (Å²) >= 11 is 5.65. The van der Waals surface area contributed by atoms with Crippen molar-refractivity contribution in [1.82, 2.24) is 19.5 Å². The molecule has 0 amide bonds. The third-order valence-electron chi connectivity index (χ3n) is 3.32. The maximum atomic E-state index is 12.0. The lowest BCUT2D eigenvalue weighted by Gasteiger charge is -2.07. The quantitative estimate of drug-likeness (QED) is 0.463. The SMILES string of the molecule is Cc1nc2c(O)c3c(=O)[nH]c(CCl)nc3c(O)c2n1C. The molecule has 0 fully saturated rings. The summed E-state index contributed by atoms with van der Waals surface area (Å²) in [6.45, 7) is 1.73. The lowest BCUT2D eigenvalue weighted by Crippen LogP contribution is -2.11. The van der Waals surface area contributed by atoms with Crippen molar-refractivity contribution in [3.8, 4) is 11.5 Å². The highest BCUT2D eigenvalue weighted by Gasteiger charge is 2.21. The molecule has 0 aliphatic rings. The largest absolute Gasteiger partial charge is 0.505 e. The number of aromatic nitrogens is 4. The number of imidazole rings is 1. The first-order chi connectivity index (χ1) is 9.45. The monoisotopic (exact) mass is 294 g/mol. The molecule has 1 aromatic carbocycles. The number of hydrogen-bond acceptors (Lipinski definition) is 5. The van der Waals surface area contributed by atoms with E-state index < -0.39 is 5.56 Å². The van der Waals surface area contributed by atoms with E-state index in [-0.39, 0.29) is 39.6 Å². The zero-order chi connectivity index (χ0) is 14.6. The minimum absolute atomic E-state index is 0.00612. The third kappa shape index (κ3) is 1.50. The summed E-state index contributed by atoms with van der Waals surface area (Å²) in [5, 5.41) is 20.5. The molecule has 3 rings (SSSR count). The van der Waals surface area contributed by atoms with E-state index in [2.05, 4.69) is 15.0 Å². The van der Waals surface area contributed by atoms with Gasteiger partial charge in [0.2, 0.25) is 0 Å². The van der Waals surface area contributed by atoms with Crippen LogP contribution in [0.5, 0.6) is 11.5 Å². The van der Waals surface area contributed by atoms with Gasteiger partial charge in [0, 0.05) is 7.05 Å². The van der Waals surface area contributed by atoms with E-state index in [4.69, 9.17) is 11.6 Å². The predicted octanol–water partition coefficient (Wildman–Crippen LogP) is 1.27. The van der Waals surface area contributed by atoms with Gasteiger partial charge in [0.1, 0.15) is 33.6 Å². The summed E-state index contributed by atoms with van der Waals surface area (Å²) in [4.78, 5) is 22.7. The fraction of sp³-hybridized carbons (Fsp3) is 0.250. The summed E-state index contributed by atoms with van der Waals surface area (Å²) in [5.41, 5.74) is -0.0619. The molecular weight excluding hydrogens is 284 g/mol. The first-order valence-corrected chi connectivity index (χ1v) is 6.35. The maximum absolute atomic E-state index is 12.0. The zero-order valence-corrected chi connectivity index (χ0v) is 11.5. The Morgan fingerprint density at radius 2 is 1.95 bits per heavy atom. The van der Waals surface area contributed by atoms with E-state index >= 15 is 0 Å². The van der Waals surface area contributed by atoms with Gasteiger partial charge in [-0.2, -0.15) is 0 Å². The number of hydrogen-bond donors (Lipinski definition) is 3. The van der Waals surface area contributed by atoms with Gasteiger partial charge in [-0.25, -0.2) is 9.97 Å². The minimum Gasteiger partial charge on any atom is -0.505 e. The number of aromatic amines is 1. The molecule has 0 spiro atoms. The van der Waals surface area contributed by atoms with Crippen LogP contribution in [0.15, 0.2) is 4.79 Å². The Bertz CT molecular complexity index is 913. The van der Waals surface area contributed by atoms with Crippen molar-refractivity contribution in [3.63, 3.8) is 0 Å². The van der Waals surface area contributed by atoms with Crippen LogP contribution in [-0.4, -0.2) is 29.7 Å². The Hall–Kier alpha value is -2.28. The highest BCUT2D eigenvalue weighted by molar-refractivity contribution is 6.16. The van der Waals surface area contributed by atoms with Crippen molar-refractivity contribution in [2.45, 2.75) is 12.8 Å². The highest BCUT2D eigenvalue weighted by Crippen LogP contribution is 2.38. The van der Waals surface area contributed by atoms with E-state index in [1.54, 1.807) is 18.5 Å². The van der Waals surface area contributed by atoms with Gasteiger partial charge in [-0.05, 0) is 6.92 Å². The number of aryl methyl sites for hydroxylation is 2. The number of nitrogens with one attached hydrogen (secondary N) is 1. The van der Waals surface area contributed by atoms with Crippen molar-refractivity contribution >= 4 is 33.5 Å². The Morgan fingerprint density at radius 1 is 1.25 bits per heavy atom. The average molecular weight is 295 g/mol.